The number of nitrogens with zero attached hydrogens (tertiary/aromatic N) is 2. The van der Waals surface area contributed by atoms with E-state index in [2.05, 4.69) is 10.3 Å². The summed E-state index contributed by atoms with van der Waals surface area (Å²) in [5, 5.41) is 2.93. The van der Waals surface area contributed by atoms with Crippen molar-refractivity contribution in [3.63, 3.8) is 0 Å². The standard InChI is InChI=1S/C21H23N3O4/c1-26-18-10-16(11-19(27-2)21(18)28-3)12-20(25)23-13-15-4-6-17(7-5-15)24-9-8-22-14-24/h4-11,14H,12-13H2,1-3H3,(H,23,25). The highest BCUT2D eigenvalue weighted by Crippen LogP contribution is 2.38. The predicted octanol–water partition coefficient (Wildman–Crippen LogP) is 2.76. The summed E-state index contributed by atoms with van der Waals surface area (Å²) in [5.41, 5.74) is 2.81. The molecule has 0 spiro atoms. The Kier molecular flexibility index (Phi) is 6.16. The van der Waals surface area contributed by atoms with Crippen molar-refractivity contribution in [3.05, 3.63) is 66.2 Å². The van der Waals surface area contributed by atoms with E-state index in [9.17, 15) is 4.79 Å². The number of carbonyl (C=O) groups excluding carboxylic acids is 1. The van der Waals surface area contributed by atoms with Gasteiger partial charge in [-0.3, -0.25) is 4.79 Å². The number of carbonyl (C=O) groups is 1. The zero-order chi connectivity index (χ0) is 19.9. The molecule has 3 rings (SSSR count). The fourth-order valence-electron chi connectivity index (χ4n) is 2.88. The smallest absolute Gasteiger partial charge is 0.224 e. The highest BCUT2D eigenvalue weighted by atomic mass is 16.5. The Balaban J connectivity index is 1.61. The molecular weight excluding hydrogens is 358 g/mol. The minimum absolute atomic E-state index is 0.0899. The number of nitrogens with one attached hydrogen (secondary N) is 1. The molecule has 2 aromatic carbocycles. The molecule has 1 heterocycles. The van der Waals surface area contributed by atoms with Gasteiger partial charge in [-0.15, -0.1) is 0 Å². The van der Waals surface area contributed by atoms with Crippen LogP contribution in [0.15, 0.2) is 55.1 Å². The molecule has 7 nitrogen and oxygen atoms in total. The van der Waals surface area contributed by atoms with Gasteiger partial charge in [-0.05, 0) is 35.4 Å². The second-order valence-corrected chi connectivity index (χ2v) is 6.12. The fourth-order valence-corrected chi connectivity index (χ4v) is 2.88. The van der Waals surface area contributed by atoms with Crippen LogP contribution in [0.25, 0.3) is 5.69 Å². The van der Waals surface area contributed by atoms with Crippen LogP contribution < -0.4 is 19.5 Å². The van der Waals surface area contributed by atoms with Gasteiger partial charge in [-0.1, -0.05) is 12.1 Å². The molecule has 7 heteroatoms. The summed E-state index contributed by atoms with van der Waals surface area (Å²) in [6.07, 6.45) is 5.57. The van der Waals surface area contributed by atoms with Crippen LogP contribution in [0.3, 0.4) is 0 Å². The number of hydrogen-bond donors (Lipinski definition) is 1. The molecule has 0 bridgehead atoms. The third kappa shape index (κ3) is 4.43. The number of benzene rings is 2. The van der Waals surface area contributed by atoms with Crippen LogP contribution in [0.4, 0.5) is 0 Å². The van der Waals surface area contributed by atoms with E-state index in [0.717, 1.165) is 16.8 Å². The van der Waals surface area contributed by atoms with E-state index in [1.807, 2.05) is 35.0 Å². The van der Waals surface area contributed by atoms with E-state index < -0.39 is 0 Å². The zero-order valence-corrected chi connectivity index (χ0v) is 16.1. The average Bonchev–Trinajstić information content (AvgIpc) is 3.26. The zero-order valence-electron chi connectivity index (χ0n) is 16.1. The monoisotopic (exact) mass is 381 g/mol. The number of ether oxygens (including phenoxy) is 3. The Morgan fingerprint density at radius 1 is 1.00 bits per heavy atom. The van der Waals surface area contributed by atoms with Crippen molar-refractivity contribution in [3.8, 4) is 22.9 Å². The van der Waals surface area contributed by atoms with Gasteiger partial charge in [0.15, 0.2) is 11.5 Å². The summed E-state index contributed by atoms with van der Waals surface area (Å²) in [7, 11) is 4.65. The molecule has 0 aliphatic rings. The van der Waals surface area contributed by atoms with E-state index in [1.165, 1.54) is 0 Å². The van der Waals surface area contributed by atoms with Crippen LogP contribution in [0.1, 0.15) is 11.1 Å². The second kappa shape index (κ2) is 8.94. The predicted molar refractivity (Wildman–Crippen MR) is 105 cm³/mol. The van der Waals surface area contributed by atoms with Crippen molar-refractivity contribution in [1.29, 1.82) is 0 Å². The Hall–Kier alpha value is -3.48. The second-order valence-electron chi connectivity index (χ2n) is 6.12. The molecule has 3 aromatic rings. The van der Waals surface area contributed by atoms with Crippen molar-refractivity contribution in [2.45, 2.75) is 13.0 Å². The molecule has 1 aromatic heterocycles. The van der Waals surface area contributed by atoms with Gasteiger partial charge in [0.2, 0.25) is 11.7 Å². The lowest BCUT2D eigenvalue weighted by atomic mass is 10.1. The largest absolute Gasteiger partial charge is 0.493 e. The number of imidazole rings is 1. The molecule has 0 saturated heterocycles. The van der Waals surface area contributed by atoms with Crippen LogP contribution in [-0.2, 0) is 17.8 Å². The lowest BCUT2D eigenvalue weighted by molar-refractivity contribution is -0.120. The van der Waals surface area contributed by atoms with Gasteiger partial charge >= 0.3 is 0 Å². The summed E-state index contributed by atoms with van der Waals surface area (Å²) in [5.74, 6) is 1.47. The molecule has 1 amide bonds. The Morgan fingerprint density at radius 2 is 1.68 bits per heavy atom. The van der Waals surface area contributed by atoms with Crippen molar-refractivity contribution >= 4 is 5.91 Å². The van der Waals surface area contributed by atoms with Gasteiger partial charge in [-0.25, -0.2) is 4.98 Å². The Morgan fingerprint density at radius 3 is 2.21 bits per heavy atom. The number of methoxy groups -OCH3 is 3. The minimum Gasteiger partial charge on any atom is -0.493 e. The van der Waals surface area contributed by atoms with Crippen LogP contribution in [0.2, 0.25) is 0 Å². The summed E-state index contributed by atoms with van der Waals surface area (Å²) in [6, 6.07) is 11.5. The van der Waals surface area contributed by atoms with Gasteiger partial charge in [0.1, 0.15) is 0 Å². The van der Waals surface area contributed by atoms with Crippen molar-refractivity contribution < 1.29 is 19.0 Å². The van der Waals surface area contributed by atoms with Crippen LogP contribution >= 0.6 is 0 Å². The van der Waals surface area contributed by atoms with Gasteiger partial charge in [-0.2, -0.15) is 0 Å². The van der Waals surface area contributed by atoms with Crippen LogP contribution in [0.5, 0.6) is 17.2 Å². The maximum Gasteiger partial charge on any atom is 0.224 e. The summed E-state index contributed by atoms with van der Waals surface area (Å²) in [6.45, 7) is 0.452. The molecular formula is C21H23N3O4. The first-order valence-corrected chi connectivity index (χ1v) is 8.77. The average molecular weight is 381 g/mol. The van der Waals surface area contributed by atoms with E-state index in [1.54, 1.807) is 46.0 Å². The Bertz CT molecular complexity index is 896. The molecule has 0 radical (unpaired) electrons. The normalized spacial score (nSPS) is 10.4. The highest BCUT2D eigenvalue weighted by Gasteiger charge is 2.14. The Labute approximate surface area is 163 Å². The van der Waals surface area contributed by atoms with E-state index in [0.29, 0.717) is 23.8 Å². The van der Waals surface area contributed by atoms with Crippen molar-refractivity contribution in [2.75, 3.05) is 21.3 Å². The molecule has 0 fully saturated rings. The summed E-state index contributed by atoms with van der Waals surface area (Å²) < 4.78 is 17.9. The van der Waals surface area contributed by atoms with Gasteiger partial charge in [0.05, 0.1) is 34.1 Å². The summed E-state index contributed by atoms with van der Waals surface area (Å²) in [4.78, 5) is 16.4. The lowest BCUT2D eigenvalue weighted by Crippen LogP contribution is -2.24. The van der Waals surface area contributed by atoms with Crippen molar-refractivity contribution in [2.24, 2.45) is 0 Å². The fraction of sp³-hybridized carbons (Fsp3) is 0.238. The third-order valence-corrected chi connectivity index (χ3v) is 4.32. The van der Waals surface area contributed by atoms with E-state index >= 15 is 0 Å². The minimum atomic E-state index is -0.0899. The molecule has 0 unspecified atom stereocenters. The van der Waals surface area contributed by atoms with Crippen LogP contribution in [-0.4, -0.2) is 36.8 Å². The maximum atomic E-state index is 12.4. The number of hydrogen-bond acceptors (Lipinski definition) is 5. The molecule has 28 heavy (non-hydrogen) atoms. The van der Waals surface area contributed by atoms with E-state index in [4.69, 9.17) is 14.2 Å². The third-order valence-electron chi connectivity index (χ3n) is 4.32. The maximum absolute atomic E-state index is 12.4. The first-order valence-electron chi connectivity index (χ1n) is 8.77. The van der Waals surface area contributed by atoms with Crippen LogP contribution in [0, 0.1) is 0 Å². The number of amides is 1. The number of rotatable bonds is 8. The first-order chi connectivity index (χ1) is 13.6. The van der Waals surface area contributed by atoms with Gasteiger partial charge in [0.25, 0.3) is 0 Å². The van der Waals surface area contributed by atoms with Gasteiger partial charge in [0, 0.05) is 24.6 Å². The number of aromatic nitrogens is 2. The van der Waals surface area contributed by atoms with Crippen molar-refractivity contribution in [1.82, 2.24) is 14.9 Å². The highest BCUT2D eigenvalue weighted by molar-refractivity contribution is 5.79. The topological polar surface area (TPSA) is 74.6 Å². The SMILES string of the molecule is COc1cc(CC(=O)NCc2ccc(-n3ccnc3)cc2)cc(OC)c1OC. The molecule has 0 aliphatic heterocycles. The van der Waals surface area contributed by atoms with Gasteiger partial charge < -0.3 is 24.1 Å². The molecule has 0 saturated carbocycles. The first kappa shape index (κ1) is 19.3. The summed E-state index contributed by atoms with van der Waals surface area (Å²) >= 11 is 0. The molecule has 0 aliphatic carbocycles. The lowest BCUT2D eigenvalue weighted by Gasteiger charge is -2.14. The molecule has 0 atom stereocenters. The molecule has 146 valence electrons. The quantitative estimate of drug-likeness (QED) is 0.649. The van der Waals surface area contributed by atoms with E-state index in [-0.39, 0.29) is 12.3 Å². The molecule has 1 N–H and O–H groups in total.